The van der Waals surface area contributed by atoms with Crippen LogP contribution in [0.1, 0.15) is 25.0 Å². The normalized spacial score (nSPS) is 11.7. The Morgan fingerprint density at radius 2 is 2.57 bits per heavy atom. The summed E-state index contributed by atoms with van der Waals surface area (Å²) < 4.78 is 9.78. The van der Waals surface area contributed by atoms with E-state index in [2.05, 4.69) is 0 Å². The van der Waals surface area contributed by atoms with Gasteiger partial charge in [0.25, 0.3) is 0 Å². The minimum atomic E-state index is -0.552. The van der Waals surface area contributed by atoms with Crippen molar-refractivity contribution in [2.45, 2.75) is 19.3 Å². The van der Waals surface area contributed by atoms with E-state index in [1.54, 1.807) is 19.1 Å². The molecule has 1 heterocycles. The second-order valence-electron chi connectivity index (χ2n) is 2.71. The predicted molar refractivity (Wildman–Crippen MR) is 48.3 cm³/mol. The lowest BCUT2D eigenvalue weighted by Gasteiger charge is -2.04. The first-order valence-corrected chi connectivity index (χ1v) is 4.36. The summed E-state index contributed by atoms with van der Waals surface area (Å²) in [6, 6.07) is 5.36. The molecular weight excluding hydrogens is 182 g/mol. The highest BCUT2D eigenvalue weighted by Crippen LogP contribution is 2.19. The van der Waals surface area contributed by atoms with Crippen LogP contribution in [0.2, 0.25) is 0 Å². The van der Waals surface area contributed by atoms with Crippen molar-refractivity contribution in [3.63, 3.8) is 0 Å². The lowest BCUT2D eigenvalue weighted by Crippen LogP contribution is -2.08. The Morgan fingerprint density at radius 1 is 1.79 bits per heavy atom. The summed E-state index contributed by atoms with van der Waals surface area (Å²) in [6.07, 6.45) is 1.52. The zero-order valence-electron chi connectivity index (χ0n) is 7.90. The van der Waals surface area contributed by atoms with Gasteiger partial charge in [-0.1, -0.05) is 0 Å². The van der Waals surface area contributed by atoms with Gasteiger partial charge in [0, 0.05) is 0 Å². The molecule has 0 aliphatic heterocycles. The van der Waals surface area contributed by atoms with Crippen molar-refractivity contribution in [3.8, 4) is 6.07 Å². The highest BCUT2D eigenvalue weighted by molar-refractivity contribution is 5.70. The molecule has 0 aliphatic rings. The van der Waals surface area contributed by atoms with Gasteiger partial charge in [0.2, 0.25) is 0 Å². The van der Waals surface area contributed by atoms with E-state index in [0.29, 0.717) is 12.4 Å². The van der Waals surface area contributed by atoms with Gasteiger partial charge in [-0.15, -0.1) is 0 Å². The maximum absolute atomic E-state index is 11.1. The van der Waals surface area contributed by atoms with Crippen LogP contribution in [0.3, 0.4) is 0 Å². The first-order chi connectivity index (χ1) is 6.77. The molecule has 14 heavy (non-hydrogen) atoms. The molecule has 1 aromatic heterocycles. The molecule has 0 saturated carbocycles. The largest absolute Gasteiger partial charge is 0.468 e. The Kier molecular flexibility index (Phi) is 3.74. The quantitative estimate of drug-likeness (QED) is 0.684. The maximum atomic E-state index is 11.1. The van der Waals surface area contributed by atoms with Gasteiger partial charge in [-0.3, -0.25) is 4.79 Å². The minimum absolute atomic E-state index is 0.0395. The second-order valence-corrected chi connectivity index (χ2v) is 2.71. The van der Waals surface area contributed by atoms with Crippen LogP contribution in [0.4, 0.5) is 0 Å². The number of nitriles is 1. The van der Waals surface area contributed by atoms with Gasteiger partial charge in [0.1, 0.15) is 11.7 Å². The first-order valence-electron chi connectivity index (χ1n) is 4.36. The van der Waals surface area contributed by atoms with Crippen LogP contribution >= 0.6 is 0 Å². The van der Waals surface area contributed by atoms with Crippen LogP contribution in [0, 0.1) is 11.3 Å². The van der Waals surface area contributed by atoms with Gasteiger partial charge in [0.15, 0.2) is 0 Å². The highest BCUT2D eigenvalue weighted by atomic mass is 16.5. The van der Waals surface area contributed by atoms with Crippen LogP contribution in [-0.4, -0.2) is 12.6 Å². The SMILES string of the molecule is CCOC(=O)CC(C#N)c1ccco1. The molecule has 0 saturated heterocycles. The number of nitrogens with zero attached hydrogens (tertiary/aromatic N) is 1. The first kappa shape index (κ1) is 10.3. The van der Waals surface area contributed by atoms with Gasteiger partial charge < -0.3 is 9.15 Å². The number of ether oxygens (including phenoxy) is 1. The Balaban J connectivity index is 2.57. The zero-order valence-corrected chi connectivity index (χ0v) is 7.90. The monoisotopic (exact) mass is 193 g/mol. The Hall–Kier alpha value is -1.76. The fraction of sp³-hybridized carbons (Fsp3) is 0.400. The molecule has 1 aromatic rings. The number of hydrogen-bond acceptors (Lipinski definition) is 4. The number of esters is 1. The molecule has 0 amide bonds. The molecule has 0 radical (unpaired) electrons. The lowest BCUT2D eigenvalue weighted by molar-refractivity contribution is -0.143. The Bertz CT molecular complexity index is 324. The smallest absolute Gasteiger partial charge is 0.307 e. The summed E-state index contributed by atoms with van der Waals surface area (Å²) in [4.78, 5) is 11.1. The van der Waals surface area contributed by atoms with Gasteiger partial charge in [-0.2, -0.15) is 5.26 Å². The molecule has 1 unspecified atom stereocenters. The molecule has 1 rings (SSSR count). The van der Waals surface area contributed by atoms with E-state index in [1.165, 1.54) is 6.26 Å². The number of hydrogen-bond donors (Lipinski definition) is 0. The zero-order chi connectivity index (χ0) is 10.4. The third-order valence-corrected chi connectivity index (χ3v) is 1.72. The lowest BCUT2D eigenvalue weighted by atomic mass is 10.1. The van der Waals surface area contributed by atoms with Crippen LogP contribution in [0.25, 0.3) is 0 Å². The number of furan rings is 1. The molecule has 0 bridgehead atoms. The van der Waals surface area contributed by atoms with Crippen molar-refractivity contribution in [3.05, 3.63) is 24.2 Å². The van der Waals surface area contributed by atoms with E-state index in [0.717, 1.165) is 0 Å². The average molecular weight is 193 g/mol. The third kappa shape index (κ3) is 2.63. The van der Waals surface area contributed by atoms with Crippen LogP contribution in [0.15, 0.2) is 22.8 Å². The summed E-state index contributed by atoms with van der Waals surface area (Å²) in [5, 5.41) is 8.80. The fourth-order valence-corrected chi connectivity index (χ4v) is 1.09. The minimum Gasteiger partial charge on any atom is -0.468 e. The standard InChI is InChI=1S/C10H11NO3/c1-2-13-10(12)6-8(7-11)9-4-3-5-14-9/h3-5,8H,2,6H2,1H3. The van der Waals surface area contributed by atoms with Crippen molar-refractivity contribution in [2.75, 3.05) is 6.61 Å². The van der Waals surface area contributed by atoms with Crippen molar-refractivity contribution < 1.29 is 13.9 Å². The average Bonchev–Trinajstić information content (AvgIpc) is 2.67. The second kappa shape index (κ2) is 5.07. The van der Waals surface area contributed by atoms with Gasteiger partial charge in [-0.05, 0) is 19.1 Å². The van der Waals surface area contributed by atoms with E-state index in [4.69, 9.17) is 14.4 Å². The van der Waals surface area contributed by atoms with E-state index in [-0.39, 0.29) is 12.4 Å². The molecule has 0 aromatic carbocycles. The van der Waals surface area contributed by atoms with Crippen molar-refractivity contribution in [1.82, 2.24) is 0 Å². The Labute approximate surface area is 82.1 Å². The van der Waals surface area contributed by atoms with Gasteiger partial charge in [0.05, 0.1) is 25.4 Å². The predicted octanol–water partition coefficient (Wildman–Crippen LogP) is 1.84. The molecule has 1 atom stereocenters. The van der Waals surface area contributed by atoms with E-state index in [9.17, 15) is 4.79 Å². The van der Waals surface area contributed by atoms with Crippen molar-refractivity contribution in [2.24, 2.45) is 0 Å². The third-order valence-electron chi connectivity index (χ3n) is 1.72. The Morgan fingerprint density at radius 3 is 3.07 bits per heavy atom. The number of carbonyl (C=O) groups excluding carboxylic acids is 1. The summed E-state index contributed by atoms with van der Waals surface area (Å²) in [5.74, 6) is -0.431. The van der Waals surface area contributed by atoms with Crippen LogP contribution < -0.4 is 0 Å². The van der Waals surface area contributed by atoms with Crippen LogP contribution in [0.5, 0.6) is 0 Å². The van der Waals surface area contributed by atoms with Crippen molar-refractivity contribution >= 4 is 5.97 Å². The maximum Gasteiger partial charge on any atom is 0.307 e. The molecular formula is C10H11NO3. The summed E-state index contributed by atoms with van der Waals surface area (Å²) >= 11 is 0. The molecule has 74 valence electrons. The van der Waals surface area contributed by atoms with Gasteiger partial charge >= 0.3 is 5.97 Å². The number of carbonyl (C=O) groups is 1. The molecule has 0 spiro atoms. The molecule has 0 N–H and O–H groups in total. The molecule has 0 fully saturated rings. The van der Waals surface area contributed by atoms with E-state index < -0.39 is 5.92 Å². The van der Waals surface area contributed by atoms with E-state index >= 15 is 0 Å². The number of rotatable bonds is 4. The summed E-state index contributed by atoms with van der Waals surface area (Å²) in [6.45, 7) is 2.06. The summed E-state index contributed by atoms with van der Waals surface area (Å²) in [5.41, 5.74) is 0. The van der Waals surface area contributed by atoms with Crippen molar-refractivity contribution in [1.29, 1.82) is 5.26 Å². The highest BCUT2D eigenvalue weighted by Gasteiger charge is 2.18. The molecule has 4 nitrogen and oxygen atoms in total. The molecule has 4 heteroatoms. The molecule has 0 aliphatic carbocycles. The van der Waals surface area contributed by atoms with Crippen LogP contribution in [-0.2, 0) is 9.53 Å². The summed E-state index contributed by atoms with van der Waals surface area (Å²) in [7, 11) is 0. The van der Waals surface area contributed by atoms with E-state index in [1.807, 2.05) is 6.07 Å². The fourth-order valence-electron chi connectivity index (χ4n) is 1.09. The topological polar surface area (TPSA) is 63.2 Å². The van der Waals surface area contributed by atoms with Gasteiger partial charge in [-0.25, -0.2) is 0 Å².